The van der Waals surface area contributed by atoms with Crippen molar-refractivity contribution in [3.63, 3.8) is 0 Å². The van der Waals surface area contributed by atoms with Crippen molar-refractivity contribution >= 4 is 15.9 Å². The van der Waals surface area contributed by atoms with Gasteiger partial charge in [-0.1, -0.05) is 0 Å². The Kier molecular flexibility index (Phi) is 3.99. The smallest absolute Gasteiger partial charge is 0.175 e. The van der Waals surface area contributed by atoms with Crippen molar-refractivity contribution in [3.8, 4) is 11.5 Å². The fraction of sp³-hybridized carbons (Fsp3) is 0.455. The van der Waals surface area contributed by atoms with Crippen molar-refractivity contribution in [1.29, 1.82) is 0 Å². The number of ether oxygens (including phenoxy) is 2. The minimum absolute atomic E-state index is 0.527. The first kappa shape index (κ1) is 12.3. The Morgan fingerprint density at radius 3 is 2.33 bits per heavy atom. The molecule has 1 aromatic carbocycles. The largest absolute Gasteiger partial charge is 0.493 e. The lowest BCUT2D eigenvalue weighted by molar-refractivity contribution is 0.197. The first-order valence-electron chi connectivity index (χ1n) is 4.62. The Hall–Kier alpha value is -0.740. The van der Waals surface area contributed by atoms with Gasteiger partial charge in [0.1, 0.15) is 0 Å². The topological polar surface area (TPSA) is 38.7 Å². The second kappa shape index (κ2) is 4.86. The summed E-state index contributed by atoms with van der Waals surface area (Å²) >= 11 is 3.44. The molecule has 0 spiro atoms. The van der Waals surface area contributed by atoms with Gasteiger partial charge in [0.25, 0.3) is 0 Å². The summed E-state index contributed by atoms with van der Waals surface area (Å²) in [5.41, 5.74) is 1.79. The lowest BCUT2D eigenvalue weighted by Gasteiger charge is -2.16. The second-order valence-corrected chi connectivity index (χ2v) is 4.11. The molecule has 1 rings (SSSR count). The molecule has 15 heavy (non-hydrogen) atoms. The molecule has 0 aliphatic heterocycles. The van der Waals surface area contributed by atoms with Crippen LogP contribution in [0.5, 0.6) is 11.5 Å². The minimum Gasteiger partial charge on any atom is -0.493 e. The van der Waals surface area contributed by atoms with Crippen LogP contribution in [0.15, 0.2) is 10.5 Å². The normalized spacial score (nSPS) is 12.4. The van der Waals surface area contributed by atoms with Crippen LogP contribution in [0, 0.1) is 6.92 Å². The molecular weight excluding hydrogens is 260 g/mol. The second-order valence-electron chi connectivity index (χ2n) is 3.32. The average Bonchev–Trinajstić information content (AvgIpc) is 2.21. The van der Waals surface area contributed by atoms with Gasteiger partial charge in [0.15, 0.2) is 11.5 Å². The number of benzene rings is 1. The molecule has 0 amide bonds. The summed E-state index contributed by atoms with van der Waals surface area (Å²) in [4.78, 5) is 0. The Labute approximate surface area is 98.1 Å². The third kappa shape index (κ3) is 2.26. The molecule has 0 aliphatic carbocycles. The van der Waals surface area contributed by atoms with Gasteiger partial charge in [-0.3, -0.25) is 0 Å². The van der Waals surface area contributed by atoms with Crippen molar-refractivity contribution in [3.05, 3.63) is 21.7 Å². The van der Waals surface area contributed by atoms with Gasteiger partial charge >= 0.3 is 0 Å². The molecule has 0 aromatic heterocycles. The summed E-state index contributed by atoms with van der Waals surface area (Å²) in [5.74, 6) is 1.27. The molecular formula is C11H15BrO3. The van der Waals surface area contributed by atoms with Gasteiger partial charge in [0.2, 0.25) is 0 Å². The van der Waals surface area contributed by atoms with Crippen molar-refractivity contribution in [2.24, 2.45) is 0 Å². The number of aliphatic hydroxyl groups excluding tert-OH is 1. The van der Waals surface area contributed by atoms with E-state index in [1.807, 2.05) is 6.92 Å². The maximum Gasteiger partial charge on any atom is 0.175 e. The molecule has 0 fully saturated rings. The lowest BCUT2D eigenvalue weighted by Crippen LogP contribution is -2.00. The fourth-order valence-electron chi connectivity index (χ4n) is 1.50. The van der Waals surface area contributed by atoms with E-state index in [2.05, 4.69) is 15.9 Å². The van der Waals surface area contributed by atoms with Crippen LogP contribution in [-0.4, -0.2) is 19.3 Å². The molecule has 4 heteroatoms. The fourth-order valence-corrected chi connectivity index (χ4v) is 2.08. The number of halogens is 1. The predicted octanol–water partition coefficient (Wildman–Crippen LogP) is 2.83. The summed E-state index contributed by atoms with van der Waals surface area (Å²) < 4.78 is 11.2. The first-order valence-corrected chi connectivity index (χ1v) is 5.41. The number of hydrogen-bond donors (Lipinski definition) is 1. The Bertz CT molecular complexity index is 361. The molecule has 1 unspecified atom stereocenters. The molecule has 84 valence electrons. The van der Waals surface area contributed by atoms with E-state index in [1.165, 1.54) is 0 Å². The highest BCUT2D eigenvalue weighted by atomic mass is 79.9. The van der Waals surface area contributed by atoms with Gasteiger partial charge < -0.3 is 14.6 Å². The van der Waals surface area contributed by atoms with Crippen LogP contribution < -0.4 is 9.47 Å². The van der Waals surface area contributed by atoms with E-state index in [-0.39, 0.29) is 0 Å². The molecule has 0 saturated carbocycles. The van der Waals surface area contributed by atoms with Crippen molar-refractivity contribution < 1.29 is 14.6 Å². The van der Waals surface area contributed by atoms with Gasteiger partial charge in [0.05, 0.1) is 24.8 Å². The summed E-state index contributed by atoms with van der Waals surface area (Å²) in [6.45, 7) is 3.65. The molecule has 1 atom stereocenters. The molecule has 0 saturated heterocycles. The summed E-state index contributed by atoms with van der Waals surface area (Å²) in [6.07, 6.45) is -0.527. The Morgan fingerprint density at radius 1 is 1.33 bits per heavy atom. The zero-order chi connectivity index (χ0) is 11.6. The van der Waals surface area contributed by atoms with E-state index < -0.39 is 6.10 Å². The minimum atomic E-state index is -0.527. The van der Waals surface area contributed by atoms with Crippen LogP contribution in [-0.2, 0) is 0 Å². The number of rotatable bonds is 3. The van der Waals surface area contributed by atoms with E-state index >= 15 is 0 Å². The monoisotopic (exact) mass is 274 g/mol. The van der Waals surface area contributed by atoms with Gasteiger partial charge in [-0.15, -0.1) is 0 Å². The number of hydrogen-bond acceptors (Lipinski definition) is 3. The van der Waals surface area contributed by atoms with E-state index in [0.29, 0.717) is 11.5 Å². The highest BCUT2D eigenvalue weighted by Gasteiger charge is 2.17. The van der Waals surface area contributed by atoms with Gasteiger partial charge in [-0.05, 0) is 47.0 Å². The number of methoxy groups -OCH3 is 2. The quantitative estimate of drug-likeness (QED) is 0.921. The van der Waals surface area contributed by atoms with Crippen LogP contribution in [0.4, 0.5) is 0 Å². The zero-order valence-corrected chi connectivity index (χ0v) is 10.9. The molecule has 0 aliphatic rings. The van der Waals surface area contributed by atoms with E-state index in [0.717, 1.165) is 15.6 Å². The molecule has 3 nitrogen and oxygen atoms in total. The van der Waals surface area contributed by atoms with Crippen molar-refractivity contribution in [2.75, 3.05) is 14.2 Å². The summed E-state index contributed by atoms with van der Waals surface area (Å²) in [5, 5.41) is 9.60. The SMILES string of the molecule is COc1cc(C(C)O)c(C)c(Br)c1OC. The first-order chi connectivity index (χ1) is 7.02. The highest BCUT2D eigenvalue weighted by Crippen LogP contribution is 2.40. The highest BCUT2D eigenvalue weighted by molar-refractivity contribution is 9.10. The van der Waals surface area contributed by atoms with Crippen LogP contribution in [0.3, 0.4) is 0 Å². The van der Waals surface area contributed by atoms with Crippen molar-refractivity contribution in [2.45, 2.75) is 20.0 Å². The molecule has 0 heterocycles. The van der Waals surface area contributed by atoms with Gasteiger partial charge in [-0.25, -0.2) is 0 Å². The Balaban J connectivity index is 3.42. The predicted molar refractivity (Wildman–Crippen MR) is 62.6 cm³/mol. The molecule has 1 aromatic rings. The zero-order valence-electron chi connectivity index (χ0n) is 9.30. The Morgan fingerprint density at radius 2 is 1.93 bits per heavy atom. The molecule has 0 bridgehead atoms. The third-order valence-electron chi connectivity index (χ3n) is 2.35. The average molecular weight is 275 g/mol. The van der Waals surface area contributed by atoms with Gasteiger partial charge in [0, 0.05) is 0 Å². The maximum atomic E-state index is 9.60. The van der Waals surface area contributed by atoms with Crippen molar-refractivity contribution in [1.82, 2.24) is 0 Å². The van der Waals surface area contributed by atoms with E-state index in [4.69, 9.17) is 9.47 Å². The van der Waals surface area contributed by atoms with Crippen LogP contribution in [0.2, 0.25) is 0 Å². The molecule has 0 radical (unpaired) electrons. The van der Waals surface area contributed by atoms with Crippen LogP contribution in [0.1, 0.15) is 24.2 Å². The summed E-state index contributed by atoms with van der Waals surface area (Å²) in [7, 11) is 3.16. The van der Waals surface area contributed by atoms with E-state index in [9.17, 15) is 5.11 Å². The number of aliphatic hydroxyl groups is 1. The van der Waals surface area contributed by atoms with Crippen LogP contribution >= 0.6 is 15.9 Å². The van der Waals surface area contributed by atoms with Crippen LogP contribution in [0.25, 0.3) is 0 Å². The lowest BCUT2D eigenvalue weighted by atomic mass is 10.0. The van der Waals surface area contributed by atoms with E-state index in [1.54, 1.807) is 27.2 Å². The maximum absolute atomic E-state index is 9.60. The molecule has 1 N–H and O–H groups in total. The third-order valence-corrected chi connectivity index (χ3v) is 3.30. The van der Waals surface area contributed by atoms with Gasteiger partial charge in [-0.2, -0.15) is 0 Å². The standard InChI is InChI=1S/C11H15BrO3/c1-6-8(7(2)13)5-9(14-3)11(15-4)10(6)12/h5,7,13H,1-4H3. The summed E-state index contributed by atoms with van der Waals surface area (Å²) in [6, 6.07) is 1.80.